The van der Waals surface area contributed by atoms with Gasteiger partial charge in [-0.05, 0) is 18.6 Å². The van der Waals surface area contributed by atoms with Crippen molar-refractivity contribution >= 4 is 41.6 Å². The van der Waals surface area contributed by atoms with E-state index in [9.17, 15) is 0 Å². The molecule has 0 saturated carbocycles. The predicted octanol–water partition coefficient (Wildman–Crippen LogP) is 2.05. The molecule has 7 nitrogen and oxygen atoms in total. The van der Waals surface area contributed by atoms with Crippen LogP contribution in [-0.2, 0) is 13.6 Å². The van der Waals surface area contributed by atoms with Gasteiger partial charge in [0.1, 0.15) is 0 Å². The Morgan fingerprint density at radius 2 is 2.04 bits per heavy atom. The van der Waals surface area contributed by atoms with Gasteiger partial charge in [0.2, 0.25) is 5.95 Å². The molecule has 2 heterocycles. The number of aromatic nitrogens is 2. The molecule has 1 fully saturated rings. The van der Waals surface area contributed by atoms with Crippen molar-refractivity contribution in [3.8, 4) is 0 Å². The molecule has 1 aliphatic rings. The summed E-state index contributed by atoms with van der Waals surface area (Å²) in [6.45, 7) is 2.74. The van der Waals surface area contributed by atoms with Crippen molar-refractivity contribution < 1.29 is 0 Å². The Hall–Kier alpha value is -1.97. The summed E-state index contributed by atoms with van der Waals surface area (Å²) in [6.07, 6.45) is 3.01. The summed E-state index contributed by atoms with van der Waals surface area (Å²) < 4.78 is 2.09. The highest BCUT2D eigenvalue weighted by atomic mass is 127. The van der Waals surface area contributed by atoms with Crippen LogP contribution >= 0.6 is 24.0 Å². The van der Waals surface area contributed by atoms with E-state index in [1.165, 1.54) is 5.69 Å². The highest BCUT2D eigenvalue weighted by Crippen LogP contribution is 2.19. The standard InChI is InChI=1S/C19H29N7.HI/c1-20-18(21-12-17-13-22-19(24(2)3)25(17)4)23-15-10-11-26(14-15)16-8-6-5-7-9-16;/h5-9,13,15H,10-12,14H2,1-4H3,(H2,20,21,23);1H. The topological polar surface area (TPSA) is 60.7 Å². The first-order valence-electron chi connectivity index (χ1n) is 9.03. The lowest BCUT2D eigenvalue weighted by Gasteiger charge is -2.20. The second-order valence-electron chi connectivity index (χ2n) is 6.84. The maximum absolute atomic E-state index is 4.45. The smallest absolute Gasteiger partial charge is 0.204 e. The Kier molecular flexibility index (Phi) is 7.76. The summed E-state index contributed by atoms with van der Waals surface area (Å²) in [7, 11) is 7.84. The van der Waals surface area contributed by atoms with Gasteiger partial charge >= 0.3 is 0 Å². The zero-order valence-electron chi connectivity index (χ0n) is 16.5. The van der Waals surface area contributed by atoms with E-state index < -0.39 is 0 Å². The zero-order valence-corrected chi connectivity index (χ0v) is 18.8. The van der Waals surface area contributed by atoms with E-state index in [0.717, 1.165) is 37.1 Å². The molecule has 2 aromatic rings. The number of anilines is 2. The molecule has 0 spiro atoms. The highest BCUT2D eigenvalue weighted by Gasteiger charge is 2.23. The van der Waals surface area contributed by atoms with E-state index >= 15 is 0 Å². The van der Waals surface area contributed by atoms with E-state index in [4.69, 9.17) is 0 Å². The molecular formula is C19H30IN7. The van der Waals surface area contributed by atoms with Crippen LogP contribution in [0.15, 0.2) is 41.5 Å². The third-order valence-corrected chi connectivity index (χ3v) is 4.77. The van der Waals surface area contributed by atoms with Crippen molar-refractivity contribution in [2.45, 2.75) is 19.0 Å². The fourth-order valence-corrected chi connectivity index (χ4v) is 3.33. The SMILES string of the molecule is CN=C(NCc1cnc(N(C)C)n1C)NC1CCN(c2ccccc2)C1.I. The molecule has 148 valence electrons. The maximum Gasteiger partial charge on any atom is 0.204 e. The van der Waals surface area contributed by atoms with Crippen molar-refractivity contribution in [3.63, 3.8) is 0 Å². The van der Waals surface area contributed by atoms with Gasteiger partial charge in [0, 0.05) is 53.0 Å². The van der Waals surface area contributed by atoms with Gasteiger partial charge in [-0.25, -0.2) is 4.98 Å². The van der Waals surface area contributed by atoms with E-state index in [0.29, 0.717) is 12.6 Å². The fraction of sp³-hybridized carbons (Fsp3) is 0.474. The number of halogens is 1. The molecule has 8 heteroatoms. The summed E-state index contributed by atoms with van der Waals surface area (Å²) in [5.74, 6) is 1.77. The molecule has 0 aliphatic carbocycles. The number of hydrogen-bond acceptors (Lipinski definition) is 4. The fourth-order valence-electron chi connectivity index (χ4n) is 3.33. The van der Waals surface area contributed by atoms with Gasteiger partial charge in [0.25, 0.3) is 0 Å². The van der Waals surface area contributed by atoms with Crippen molar-refractivity contribution in [2.24, 2.45) is 12.0 Å². The number of benzene rings is 1. The minimum atomic E-state index is 0. The third kappa shape index (κ3) is 5.27. The Morgan fingerprint density at radius 3 is 2.67 bits per heavy atom. The van der Waals surface area contributed by atoms with Crippen LogP contribution in [0.5, 0.6) is 0 Å². The normalized spacial score (nSPS) is 16.8. The van der Waals surface area contributed by atoms with Crippen LogP contribution in [0.1, 0.15) is 12.1 Å². The average molecular weight is 483 g/mol. The third-order valence-electron chi connectivity index (χ3n) is 4.77. The van der Waals surface area contributed by atoms with Gasteiger partial charge in [-0.2, -0.15) is 0 Å². The van der Waals surface area contributed by atoms with E-state index in [1.54, 1.807) is 0 Å². The molecule has 3 rings (SSSR count). The average Bonchev–Trinajstić information content (AvgIpc) is 3.26. The quantitative estimate of drug-likeness (QED) is 0.388. The second kappa shape index (κ2) is 9.82. The van der Waals surface area contributed by atoms with Gasteiger partial charge in [-0.1, -0.05) is 18.2 Å². The summed E-state index contributed by atoms with van der Waals surface area (Å²) in [4.78, 5) is 13.2. The van der Waals surface area contributed by atoms with Crippen LogP contribution in [0.2, 0.25) is 0 Å². The monoisotopic (exact) mass is 483 g/mol. The summed E-state index contributed by atoms with van der Waals surface area (Å²) in [6, 6.07) is 11.0. The van der Waals surface area contributed by atoms with Gasteiger partial charge in [0.15, 0.2) is 5.96 Å². The van der Waals surface area contributed by atoms with Crippen molar-refractivity contribution in [3.05, 3.63) is 42.2 Å². The Bertz CT molecular complexity index is 742. The number of imidazole rings is 1. The number of hydrogen-bond donors (Lipinski definition) is 2. The molecule has 0 radical (unpaired) electrons. The van der Waals surface area contributed by atoms with Gasteiger partial charge in [-0.3, -0.25) is 4.99 Å². The molecule has 1 saturated heterocycles. The number of nitrogens with zero attached hydrogens (tertiary/aromatic N) is 5. The van der Waals surface area contributed by atoms with E-state index in [-0.39, 0.29) is 24.0 Å². The molecule has 0 amide bonds. The van der Waals surface area contributed by atoms with Crippen LogP contribution < -0.4 is 20.4 Å². The summed E-state index contributed by atoms with van der Waals surface area (Å²) in [5.41, 5.74) is 2.40. The van der Waals surface area contributed by atoms with Gasteiger partial charge in [0.05, 0.1) is 18.4 Å². The van der Waals surface area contributed by atoms with Crippen LogP contribution in [-0.4, -0.2) is 55.8 Å². The number of aliphatic imine (C=N–C) groups is 1. The number of nitrogens with one attached hydrogen (secondary N) is 2. The van der Waals surface area contributed by atoms with Gasteiger partial charge < -0.3 is 25.0 Å². The highest BCUT2D eigenvalue weighted by molar-refractivity contribution is 14.0. The van der Waals surface area contributed by atoms with Crippen LogP contribution in [0.3, 0.4) is 0 Å². The Labute approximate surface area is 178 Å². The number of para-hydroxylation sites is 1. The van der Waals surface area contributed by atoms with Crippen LogP contribution in [0.25, 0.3) is 0 Å². The molecule has 1 aromatic carbocycles. The largest absolute Gasteiger partial charge is 0.369 e. The minimum absolute atomic E-state index is 0. The minimum Gasteiger partial charge on any atom is -0.369 e. The summed E-state index contributed by atoms with van der Waals surface area (Å²) >= 11 is 0. The molecule has 1 atom stereocenters. The van der Waals surface area contributed by atoms with Crippen molar-refractivity contribution in [2.75, 3.05) is 44.0 Å². The summed E-state index contributed by atoms with van der Waals surface area (Å²) in [5, 5.41) is 6.94. The van der Waals surface area contributed by atoms with E-state index in [2.05, 4.69) is 60.4 Å². The lowest BCUT2D eigenvalue weighted by molar-refractivity contribution is 0.644. The molecule has 1 aliphatic heterocycles. The lowest BCUT2D eigenvalue weighted by Crippen LogP contribution is -2.44. The molecular weight excluding hydrogens is 453 g/mol. The Balaban J connectivity index is 0.00000261. The first-order chi connectivity index (χ1) is 12.6. The Morgan fingerprint density at radius 1 is 1.30 bits per heavy atom. The second-order valence-corrected chi connectivity index (χ2v) is 6.84. The molecule has 2 N–H and O–H groups in total. The first kappa shape index (κ1) is 21.3. The van der Waals surface area contributed by atoms with Crippen molar-refractivity contribution in [1.29, 1.82) is 0 Å². The van der Waals surface area contributed by atoms with Crippen LogP contribution in [0.4, 0.5) is 11.6 Å². The number of rotatable bonds is 5. The van der Waals surface area contributed by atoms with E-state index in [1.807, 2.05) is 39.3 Å². The number of guanidine groups is 1. The molecule has 1 unspecified atom stereocenters. The molecule has 0 bridgehead atoms. The first-order valence-corrected chi connectivity index (χ1v) is 9.03. The predicted molar refractivity (Wildman–Crippen MR) is 123 cm³/mol. The van der Waals surface area contributed by atoms with Crippen molar-refractivity contribution in [1.82, 2.24) is 20.2 Å². The maximum atomic E-state index is 4.45. The van der Waals surface area contributed by atoms with Gasteiger partial charge in [-0.15, -0.1) is 24.0 Å². The molecule has 1 aromatic heterocycles. The van der Waals surface area contributed by atoms with Crippen LogP contribution in [0, 0.1) is 0 Å². The zero-order chi connectivity index (χ0) is 18.5. The molecule has 27 heavy (non-hydrogen) atoms. The lowest BCUT2D eigenvalue weighted by atomic mass is 10.3.